The van der Waals surface area contributed by atoms with Gasteiger partial charge in [-0.25, -0.2) is 9.78 Å². The summed E-state index contributed by atoms with van der Waals surface area (Å²) in [5.41, 5.74) is 0. The molecule has 1 amide bonds. The molecule has 1 N–H and O–H groups in total. The molecular formula is C8H12ClN3O. The number of nitrogens with zero attached hydrogens (tertiary/aromatic N) is 2. The summed E-state index contributed by atoms with van der Waals surface area (Å²) in [4.78, 5) is 15.0. The summed E-state index contributed by atoms with van der Waals surface area (Å²) < 4.78 is 1.40. The van der Waals surface area contributed by atoms with Gasteiger partial charge in [0.05, 0.1) is 0 Å². The minimum absolute atomic E-state index is 0.146. The first-order valence-corrected chi connectivity index (χ1v) is 4.70. The van der Waals surface area contributed by atoms with Crippen LogP contribution in [0.2, 0.25) is 0 Å². The third-order valence-corrected chi connectivity index (χ3v) is 1.84. The number of hydrogen-bond acceptors (Lipinski definition) is 2. The fraction of sp³-hybridized carbons (Fsp3) is 0.500. The number of imidazole rings is 1. The molecule has 0 fully saturated rings. The predicted octanol–water partition coefficient (Wildman–Crippen LogP) is 1.46. The van der Waals surface area contributed by atoms with Gasteiger partial charge >= 0.3 is 6.03 Å². The molecule has 0 saturated heterocycles. The molecular weight excluding hydrogens is 190 g/mol. The van der Waals surface area contributed by atoms with Crippen LogP contribution in [-0.4, -0.2) is 28.0 Å². The molecule has 0 aliphatic heterocycles. The number of hydrogen-bond donors (Lipinski definition) is 1. The monoisotopic (exact) mass is 201 g/mol. The predicted molar refractivity (Wildman–Crippen MR) is 51.0 cm³/mol. The van der Waals surface area contributed by atoms with E-state index < -0.39 is 0 Å². The Morgan fingerprint density at radius 3 is 3.00 bits per heavy atom. The van der Waals surface area contributed by atoms with Crippen LogP contribution in [0.25, 0.3) is 0 Å². The van der Waals surface area contributed by atoms with Crippen molar-refractivity contribution < 1.29 is 4.79 Å². The molecule has 0 aliphatic rings. The molecule has 1 aromatic heterocycles. The molecule has 4 nitrogen and oxygen atoms in total. The van der Waals surface area contributed by atoms with E-state index in [4.69, 9.17) is 11.6 Å². The summed E-state index contributed by atoms with van der Waals surface area (Å²) in [5, 5.41) is 2.75. The molecule has 0 atom stereocenters. The third-order valence-electron chi connectivity index (χ3n) is 1.58. The molecule has 0 spiro atoms. The minimum Gasteiger partial charge on any atom is -0.337 e. The Morgan fingerprint density at radius 1 is 1.54 bits per heavy atom. The zero-order valence-corrected chi connectivity index (χ0v) is 8.00. The second-order valence-electron chi connectivity index (χ2n) is 2.60. The Hall–Kier alpha value is -1.03. The van der Waals surface area contributed by atoms with E-state index in [1.54, 1.807) is 12.4 Å². The van der Waals surface area contributed by atoms with Crippen LogP contribution >= 0.6 is 11.6 Å². The Kier molecular flexibility index (Phi) is 4.32. The Morgan fingerprint density at radius 2 is 2.38 bits per heavy atom. The van der Waals surface area contributed by atoms with Crippen molar-refractivity contribution in [1.82, 2.24) is 14.9 Å². The number of alkyl halides is 1. The van der Waals surface area contributed by atoms with Crippen molar-refractivity contribution >= 4 is 17.6 Å². The Bertz CT molecular complexity index is 248. The van der Waals surface area contributed by atoms with E-state index in [-0.39, 0.29) is 6.03 Å². The zero-order valence-electron chi connectivity index (χ0n) is 7.24. The fourth-order valence-corrected chi connectivity index (χ4v) is 1.07. The van der Waals surface area contributed by atoms with Crippen LogP contribution < -0.4 is 5.32 Å². The second-order valence-corrected chi connectivity index (χ2v) is 2.98. The first-order chi connectivity index (χ1) is 6.34. The van der Waals surface area contributed by atoms with Crippen molar-refractivity contribution in [3.8, 4) is 0 Å². The van der Waals surface area contributed by atoms with Crippen molar-refractivity contribution in [1.29, 1.82) is 0 Å². The highest BCUT2D eigenvalue weighted by Crippen LogP contribution is 1.90. The summed E-state index contributed by atoms with van der Waals surface area (Å²) in [5.74, 6) is 0.640. The first-order valence-electron chi connectivity index (χ1n) is 4.16. The van der Waals surface area contributed by atoms with Crippen molar-refractivity contribution in [2.24, 2.45) is 0 Å². The van der Waals surface area contributed by atoms with Gasteiger partial charge < -0.3 is 5.32 Å². The maximum absolute atomic E-state index is 11.2. The van der Waals surface area contributed by atoms with E-state index in [9.17, 15) is 4.79 Å². The number of rotatable bonds is 4. The molecule has 0 bridgehead atoms. The number of unbranched alkanes of at least 4 members (excludes halogenated alkanes) is 1. The third kappa shape index (κ3) is 3.46. The molecule has 0 unspecified atom stereocenters. The number of amides is 1. The summed E-state index contributed by atoms with van der Waals surface area (Å²) in [6, 6.07) is -0.146. The van der Waals surface area contributed by atoms with Crippen molar-refractivity contribution in [3.63, 3.8) is 0 Å². The summed E-state index contributed by atoms with van der Waals surface area (Å²) in [6.07, 6.45) is 6.47. The number of halogens is 1. The fourth-order valence-electron chi connectivity index (χ4n) is 0.885. The lowest BCUT2D eigenvalue weighted by atomic mass is 10.3. The van der Waals surface area contributed by atoms with Gasteiger partial charge in [0.2, 0.25) is 0 Å². The van der Waals surface area contributed by atoms with Gasteiger partial charge in [-0.1, -0.05) is 0 Å². The minimum atomic E-state index is -0.146. The smallest absolute Gasteiger partial charge is 0.326 e. The normalized spacial score (nSPS) is 9.92. The molecule has 1 aromatic rings. The van der Waals surface area contributed by atoms with E-state index in [1.165, 1.54) is 10.9 Å². The maximum atomic E-state index is 11.2. The van der Waals surface area contributed by atoms with Crippen LogP contribution in [0, 0.1) is 0 Å². The van der Waals surface area contributed by atoms with Gasteiger partial charge in [-0.2, -0.15) is 0 Å². The molecule has 0 aliphatic carbocycles. The van der Waals surface area contributed by atoms with Gasteiger partial charge in [-0.05, 0) is 12.8 Å². The van der Waals surface area contributed by atoms with E-state index in [1.807, 2.05) is 0 Å². The van der Waals surface area contributed by atoms with E-state index in [0.29, 0.717) is 12.4 Å². The van der Waals surface area contributed by atoms with Crippen molar-refractivity contribution in [3.05, 3.63) is 18.7 Å². The molecule has 5 heteroatoms. The highest BCUT2D eigenvalue weighted by atomic mass is 35.5. The number of nitrogens with one attached hydrogen (secondary N) is 1. The lowest BCUT2D eigenvalue weighted by molar-refractivity contribution is 0.242. The molecule has 1 rings (SSSR count). The highest BCUT2D eigenvalue weighted by Gasteiger charge is 2.00. The first kappa shape index (κ1) is 10.1. The second kappa shape index (κ2) is 5.59. The van der Waals surface area contributed by atoms with Crippen LogP contribution in [0.4, 0.5) is 4.79 Å². The van der Waals surface area contributed by atoms with Gasteiger partial charge in [-0.15, -0.1) is 11.6 Å². The quantitative estimate of drug-likeness (QED) is 0.592. The van der Waals surface area contributed by atoms with E-state index in [0.717, 1.165) is 12.8 Å². The van der Waals surface area contributed by atoms with Gasteiger partial charge in [0.15, 0.2) is 0 Å². The van der Waals surface area contributed by atoms with Crippen LogP contribution in [0.15, 0.2) is 18.7 Å². The Labute approximate surface area is 81.9 Å². The molecule has 13 heavy (non-hydrogen) atoms. The number of carbonyl (C=O) groups excluding carboxylic acids is 1. The van der Waals surface area contributed by atoms with Crippen molar-refractivity contribution in [2.45, 2.75) is 12.8 Å². The van der Waals surface area contributed by atoms with Gasteiger partial charge in [0.1, 0.15) is 6.33 Å². The average Bonchev–Trinajstić information content (AvgIpc) is 2.65. The lowest BCUT2D eigenvalue weighted by Gasteiger charge is -2.03. The molecule has 0 saturated carbocycles. The molecule has 0 aromatic carbocycles. The van der Waals surface area contributed by atoms with Crippen LogP contribution in [0.1, 0.15) is 12.8 Å². The van der Waals surface area contributed by atoms with Gasteiger partial charge in [0, 0.05) is 24.8 Å². The van der Waals surface area contributed by atoms with Gasteiger partial charge in [0.25, 0.3) is 0 Å². The largest absolute Gasteiger partial charge is 0.337 e. The summed E-state index contributed by atoms with van der Waals surface area (Å²) in [6.45, 7) is 0.656. The highest BCUT2D eigenvalue weighted by molar-refractivity contribution is 6.17. The number of aromatic nitrogens is 2. The maximum Gasteiger partial charge on any atom is 0.326 e. The number of carbonyl (C=O) groups is 1. The standard InChI is InChI=1S/C8H12ClN3O/c9-3-1-2-4-11-8(13)12-6-5-10-7-12/h5-7H,1-4H2,(H,11,13). The van der Waals surface area contributed by atoms with Crippen LogP contribution in [0.3, 0.4) is 0 Å². The summed E-state index contributed by atoms with van der Waals surface area (Å²) in [7, 11) is 0. The molecule has 1 heterocycles. The van der Waals surface area contributed by atoms with E-state index >= 15 is 0 Å². The Balaban J connectivity index is 2.19. The zero-order chi connectivity index (χ0) is 9.52. The van der Waals surface area contributed by atoms with Crippen LogP contribution in [-0.2, 0) is 0 Å². The van der Waals surface area contributed by atoms with Gasteiger partial charge in [-0.3, -0.25) is 4.57 Å². The lowest BCUT2D eigenvalue weighted by Crippen LogP contribution is -2.28. The van der Waals surface area contributed by atoms with Crippen molar-refractivity contribution in [2.75, 3.05) is 12.4 Å². The summed E-state index contributed by atoms with van der Waals surface area (Å²) >= 11 is 5.49. The molecule has 72 valence electrons. The molecule has 0 radical (unpaired) electrons. The average molecular weight is 202 g/mol. The SMILES string of the molecule is O=C(NCCCCCl)n1ccnc1. The topological polar surface area (TPSA) is 46.9 Å². The van der Waals surface area contributed by atoms with Crippen LogP contribution in [0.5, 0.6) is 0 Å². The van der Waals surface area contributed by atoms with E-state index in [2.05, 4.69) is 10.3 Å².